The van der Waals surface area contributed by atoms with Crippen LogP contribution in [-0.4, -0.2) is 18.0 Å². The van der Waals surface area contributed by atoms with Gasteiger partial charge in [0.2, 0.25) is 0 Å². The zero-order valence-corrected chi connectivity index (χ0v) is 18.1. The molecule has 0 aromatic carbocycles. The second-order valence-electron chi connectivity index (χ2n) is 10.5. The van der Waals surface area contributed by atoms with Gasteiger partial charge in [-0.3, -0.25) is 9.59 Å². The highest BCUT2D eigenvalue weighted by Gasteiger charge is 2.61. The van der Waals surface area contributed by atoms with E-state index >= 15 is 0 Å². The Hall–Kier alpha value is -1.32. The van der Waals surface area contributed by atoms with Crippen LogP contribution in [0.25, 0.3) is 0 Å². The molecule has 0 aliphatic heterocycles. The normalized spacial score (nSPS) is 47.2. The summed E-state index contributed by atoms with van der Waals surface area (Å²) >= 11 is 0. The summed E-state index contributed by atoms with van der Waals surface area (Å²) in [5.74, 6) is 3.68. The second kappa shape index (κ2) is 6.88. The summed E-state index contributed by atoms with van der Waals surface area (Å²) in [6.07, 6.45) is 10.3. The molecule has 8 atom stereocenters. The van der Waals surface area contributed by atoms with Crippen LogP contribution < -0.4 is 0 Å². The fourth-order valence-corrected chi connectivity index (χ4v) is 7.88. The lowest BCUT2D eigenvalue weighted by molar-refractivity contribution is -0.162. The summed E-state index contributed by atoms with van der Waals surface area (Å²) in [6, 6.07) is 0. The lowest BCUT2D eigenvalue weighted by atomic mass is 9.44. The summed E-state index contributed by atoms with van der Waals surface area (Å²) in [5, 5.41) is 0. The Morgan fingerprint density at radius 3 is 2.43 bits per heavy atom. The molecular weight excluding hydrogens is 352 g/mol. The molecule has 0 aromatic rings. The van der Waals surface area contributed by atoms with Crippen LogP contribution >= 0.6 is 0 Å². The van der Waals surface area contributed by atoms with E-state index in [1.54, 1.807) is 6.92 Å². The molecule has 0 saturated heterocycles. The molecule has 0 unspecified atom stereocenters. The zero-order chi connectivity index (χ0) is 20.3. The van der Waals surface area contributed by atoms with Crippen LogP contribution in [0.1, 0.15) is 79.6 Å². The SMILES string of the molecule is CC(=O)OC1=C[C@H](C)[C@@]2(C)[C@@H](CC[C@H]3[C@@H]4CC[C@H](OC(C)=O)[C@@]4(C)CC[C@@H]32)C1. The van der Waals surface area contributed by atoms with Crippen molar-refractivity contribution in [1.29, 1.82) is 0 Å². The molecule has 4 rings (SSSR count). The molecule has 4 aliphatic rings. The Kier molecular flexibility index (Phi) is 4.91. The number of hydrogen-bond donors (Lipinski definition) is 0. The minimum Gasteiger partial charge on any atom is -0.462 e. The summed E-state index contributed by atoms with van der Waals surface area (Å²) < 4.78 is 11.3. The maximum atomic E-state index is 11.6. The van der Waals surface area contributed by atoms with Crippen LogP contribution in [0.5, 0.6) is 0 Å². The van der Waals surface area contributed by atoms with Gasteiger partial charge in [-0.1, -0.05) is 20.8 Å². The van der Waals surface area contributed by atoms with Gasteiger partial charge in [-0.15, -0.1) is 0 Å². The minimum absolute atomic E-state index is 0.0979. The highest BCUT2D eigenvalue weighted by molar-refractivity contribution is 5.67. The predicted molar refractivity (Wildman–Crippen MR) is 107 cm³/mol. The van der Waals surface area contributed by atoms with Crippen LogP contribution in [0.15, 0.2) is 11.8 Å². The smallest absolute Gasteiger partial charge is 0.307 e. The first-order valence-electron chi connectivity index (χ1n) is 11.2. The fourth-order valence-electron chi connectivity index (χ4n) is 7.88. The van der Waals surface area contributed by atoms with Crippen LogP contribution in [0.2, 0.25) is 0 Å². The minimum atomic E-state index is -0.202. The number of carbonyl (C=O) groups excluding carboxylic acids is 2. The van der Waals surface area contributed by atoms with Crippen LogP contribution in [0, 0.1) is 40.4 Å². The summed E-state index contributed by atoms with van der Waals surface area (Å²) in [7, 11) is 0. The molecule has 0 radical (unpaired) electrons. The van der Waals surface area contributed by atoms with Crippen molar-refractivity contribution >= 4 is 11.9 Å². The van der Waals surface area contributed by atoms with Gasteiger partial charge in [0, 0.05) is 25.7 Å². The van der Waals surface area contributed by atoms with E-state index in [-0.39, 0.29) is 28.9 Å². The maximum Gasteiger partial charge on any atom is 0.307 e. The van der Waals surface area contributed by atoms with Crippen LogP contribution in [0.3, 0.4) is 0 Å². The molecule has 28 heavy (non-hydrogen) atoms. The summed E-state index contributed by atoms with van der Waals surface area (Å²) in [4.78, 5) is 23.1. The average Bonchev–Trinajstić information content (AvgIpc) is 2.92. The van der Waals surface area contributed by atoms with Gasteiger partial charge in [0.05, 0.1) is 0 Å². The number of esters is 2. The van der Waals surface area contributed by atoms with Crippen molar-refractivity contribution in [3.8, 4) is 0 Å². The first kappa shape index (κ1) is 20.0. The molecule has 3 saturated carbocycles. The van der Waals surface area contributed by atoms with Gasteiger partial charge in [0.15, 0.2) is 0 Å². The van der Waals surface area contributed by atoms with Gasteiger partial charge in [-0.2, -0.15) is 0 Å². The van der Waals surface area contributed by atoms with Crippen molar-refractivity contribution in [3.05, 3.63) is 11.8 Å². The van der Waals surface area contributed by atoms with Crippen LogP contribution in [-0.2, 0) is 19.1 Å². The highest BCUT2D eigenvalue weighted by Crippen LogP contribution is 2.67. The van der Waals surface area contributed by atoms with Crippen molar-refractivity contribution in [3.63, 3.8) is 0 Å². The van der Waals surface area contributed by atoms with Gasteiger partial charge < -0.3 is 9.47 Å². The van der Waals surface area contributed by atoms with Crippen molar-refractivity contribution in [2.24, 2.45) is 40.4 Å². The number of rotatable bonds is 2. The zero-order valence-electron chi connectivity index (χ0n) is 18.1. The lowest BCUT2D eigenvalue weighted by Gasteiger charge is -2.61. The van der Waals surface area contributed by atoms with Gasteiger partial charge in [-0.05, 0) is 79.6 Å². The number of hydrogen-bond acceptors (Lipinski definition) is 4. The monoisotopic (exact) mass is 388 g/mol. The van der Waals surface area contributed by atoms with E-state index in [1.807, 2.05) is 0 Å². The van der Waals surface area contributed by atoms with Crippen molar-refractivity contribution in [2.75, 3.05) is 0 Å². The Morgan fingerprint density at radius 1 is 1.00 bits per heavy atom. The molecule has 156 valence electrons. The molecule has 4 aliphatic carbocycles. The molecule has 4 heteroatoms. The number of carbonyl (C=O) groups is 2. The molecule has 0 bridgehead atoms. The van der Waals surface area contributed by atoms with E-state index in [1.165, 1.54) is 32.6 Å². The fraction of sp³-hybridized carbons (Fsp3) is 0.833. The van der Waals surface area contributed by atoms with Crippen molar-refractivity contribution in [2.45, 2.75) is 85.7 Å². The molecule has 0 amide bonds. The first-order valence-corrected chi connectivity index (χ1v) is 11.2. The van der Waals surface area contributed by atoms with E-state index in [2.05, 4.69) is 26.8 Å². The Bertz CT molecular complexity index is 697. The Morgan fingerprint density at radius 2 is 1.75 bits per heavy atom. The molecule has 0 spiro atoms. The number of allylic oxidation sites excluding steroid dienone is 2. The van der Waals surface area contributed by atoms with Gasteiger partial charge in [-0.25, -0.2) is 0 Å². The van der Waals surface area contributed by atoms with Crippen molar-refractivity contribution < 1.29 is 19.1 Å². The second-order valence-corrected chi connectivity index (χ2v) is 10.5. The standard InChI is InChI=1S/C24H36O4/c1-14-12-18(27-15(2)25)13-17-6-7-19-20-8-9-22(28-16(3)26)23(20,4)11-10-21(19)24(14,17)5/h12,14,17,19-22H,6-11,13H2,1-5H3/t14-,17-,19-,20-,21-,22-,23-,24-/m0/s1. The third kappa shape index (κ3) is 2.93. The number of ether oxygens (including phenoxy) is 2. The first-order chi connectivity index (χ1) is 13.2. The molecule has 0 aromatic heterocycles. The largest absolute Gasteiger partial charge is 0.462 e. The Balaban J connectivity index is 1.59. The van der Waals surface area contributed by atoms with E-state index < -0.39 is 0 Å². The predicted octanol–water partition coefficient (Wildman–Crippen LogP) is 5.26. The van der Waals surface area contributed by atoms with Gasteiger partial charge in [0.25, 0.3) is 0 Å². The lowest BCUT2D eigenvalue weighted by Crippen LogP contribution is -2.55. The highest BCUT2D eigenvalue weighted by atomic mass is 16.5. The van der Waals surface area contributed by atoms with E-state index in [4.69, 9.17) is 9.47 Å². The van der Waals surface area contributed by atoms with Gasteiger partial charge in [0.1, 0.15) is 11.9 Å². The van der Waals surface area contributed by atoms with Crippen LogP contribution in [0.4, 0.5) is 0 Å². The molecule has 4 nitrogen and oxygen atoms in total. The van der Waals surface area contributed by atoms with Gasteiger partial charge >= 0.3 is 11.9 Å². The third-order valence-corrected chi connectivity index (χ3v) is 9.32. The molecule has 0 N–H and O–H groups in total. The molecular formula is C24H36O4. The number of fused-ring (bicyclic) bond motifs is 5. The third-order valence-electron chi connectivity index (χ3n) is 9.32. The summed E-state index contributed by atoms with van der Waals surface area (Å²) in [6.45, 7) is 10.2. The topological polar surface area (TPSA) is 52.6 Å². The van der Waals surface area contributed by atoms with E-state index in [0.29, 0.717) is 23.7 Å². The average molecular weight is 389 g/mol. The van der Waals surface area contributed by atoms with Crippen molar-refractivity contribution in [1.82, 2.24) is 0 Å². The Labute approximate surface area is 169 Å². The molecule has 0 heterocycles. The molecule has 3 fully saturated rings. The maximum absolute atomic E-state index is 11.6. The van der Waals surface area contributed by atoms with E-state index in [9.17, 15) is 9.59 Å². The quantitative estimate of drug-likeness (QED) is 0.605. The summed E-state index contributed by atoms with van der Waals surface area (Å²) in [5.41, 5.74) is 0.417. The van der Waals surface area contributed by atoms with E-state index in [0.717, 1.165) is 30.9 Å².